The molecule has 104 valence electrons. The molecule has 4 nitrogen and oxygen atoms in total. The highest BCUT2D eigenvalue weighted by Gasteiger charge is 2.05. The van der Waals surface area contributed by atoms with E-state index < -0.39 is 0 Å². The largest absolute Gasteiger partial charge is 0.316 e. The first-order chi connectivity index (χ1) is 9.13. The van der Waals surface area contributed by atoms with Crippen molar-refractivity contribution in [3.05, 3.63) is 34.7 Å². The van der Waals surface area contributed by atoms with E-state index >= 15 is 0 Å². The molecule has 0 aliphatic rings. The smallest absolute Gasteiger partial charge is 0.250 e. The van der Waals surface area contributed by atoms with Gasteiger partial charge in [0.1, 0.15) is 11.6 Å². The summed E-state index contributed by atoms with van der Waals surface area (Å²) in [5.41, 5.74) is -0.0436. The summed E-state index contributed by atoms with van der Waals surface area (Å²) in [6.45, 7) is 2.38. The van der Waals surface area contributed by atoms with E-state index in [2.05, 4.69) is 0 Å². The fraction of sp³-hybridized carbons (Fsp3) is 0.500. The van der Waals surface area contributed by atoms with Crippen LogP contribution in [0.15, 0.2) is 29.2 Å². The van der Waals surface area contributed by atoms with Gasteiger partial charge in [-0.15, -0.1) is 11.8 Å². The molecule has 0 bridgehead atoms. The highest BCUT2D eigenvalue weighted by molar-refractivity contribution is 8.00. The minimum absolute atomic E-state index is 0.0436. The summed E-state index contributed by atoms with van der Waals surface area (Å²) in [4.78, 5) is 34.0. The van der Waals surface area contributed by atoms with Gasteiger partial charge in [-0.3, -0.25) is 14.4 Å². The summed E-state index contributed by atoms with van der Waals surface area (Å²) >= 11 is 1.38. The molecule has 0 aliphatic heterocycles. The zero-order valence-corrected chi connectivity index (χ0v) is 11.9. The molecular weight excluding hydrogens is 262 g/mol. The van der Waals surface area contributed by atoms with Crippen LogP contribution < -0.4 is 5.56 Å². The monoisotopic (exact) mass is 281 g/mol. The molecule has 1 heterocycles. The summed E-state index contributed by atoms with van der Waals surface area (Å²) in [5.74, 6) is 1.11. The Hall–Kier alpha value is -1.36. The Labute approximate surface area is 117 Å². The number of pyridine rings is 1. The van der Waals surface area contributed by atoms with Gasteiger partial charge >= 0.3 is 0 Å². The van der Waals surface area contributed by atoms with Crippen molar-refractivity contribution in [2.45, 2.75) is 32.7 Å². The number of hydrogen-bond acceptors (Lipinski definition) is 4. The van der Waals surface area contributed by atoms with Gasteiger partial charge in [0.15, 0.2) is 0 Å². The molecular formula is C14H19NO3S. The molecule has 0 aliphatic carbocycles. The molecule has 0 radical (unpaired) electrons. The van der Waals surface area contributed by atoms with Crippen molar-refractivity contribution < 1.29 is 9.59 Å². The molecule has 5 heteroatoms. The van der Waals surface area contributed by atoms with Crippen molar-refractivity contribution in [3.63, 3.8) is 0 Å². The molecule has 0 aromatic carbocycles. The lowest BCUT2D eigenvalue weighted by Crippen LogP contribution is -2.18. The molecule has 0 atom stereocenters. The Morgan fingerprint density at radius 1 is 1.21 bits per heavy atom. The number of rotatable bonds is 9. The van der Waals surface area contributed by atoms with Crippen molar-refractivity contribution in [2.24, 2.45) is 0 Å². The highest BCUT2D eigenvalue weighted by atomic mass is 32.2. The number of ketones is 2. The maximum Gasteiger partial charge on any atom is 0.250 e. The van der Waals surface area contributed by atoms with Crippen LogP contribution in [0, 0.1) is 0 Å². The van der Waals surface area contributed by atoms with Gasteiger partial charge in [-0.05, 0) is 12.5 Å². The van der Waals surface area contributed by atoms with Gasteiger partial charge in [0, 0.05) is 31.6 Å². The van der Waals surface area contributed by atoms with Crippen molar-refractivity contribution >= 4 is 23.3 Å². The molecule has 0 N–H and O–H groups in total. The van der Waals surface area contributed by atoms with E-state index in [-0.39, 0.29) is 17.1 Å². The Kier molecular flexibility index (Phi) is 7.18. The maximum absolute atomic E-state index is 11.6. The van der Waals surface area contributed by atoms with Crippen molar-refractivity contribution in [2.75, 3.05) is 11.5 Å². The van der Waals surface area contributed by atoms with Crippen molar-refractivity contribution in [1.29, 1.82) is 0 Å². The molecule has 0 saturated heterocycles. The summed E-state index contributed by atoms with van der Waals surface area (Å²) in [6, 6.07) is 5.01. The molecule has 1 aromatic heterocycles. The molecule has 19 heavy (non-hydrogen) atoms. The van der Waals surface area contributed by atoms with E-state index in [1.807, 2.05) is 6.92 Å². The van der Waals surface area contributed by atoms with E-state index in [1.54, 1.807) is 22.9 Å². The summed E-state index contributed by atoms with van der Waals surface area (Å²) < 4.78 is 1.60. The molecule has 0 unspecified atom stereocenters. The van der Waals surface area contributed by atoms with Gasteiger partial charge in [-0.25, -0.2) is 0 Å². The molecule has 0 fully saturated rings. The molecule has 0 amide bonds. The minimum Gasteiger partial charge on any atom is -0.316 e. The fourth-order valence-electron chi connectivity index (χ4n) is 1.54. The van der Waals surface area contributed by atoms with Gasteiger partial charge in [0.05, 0.1) is 11.5 Å². The van der Waals surface area contributed by atoms with Crippen LogP contribution in [0.1, 0.15) is 26.2 Å². The van der Waals surface area contributed by atoms with E-state index in [4.69, 9.17) is 0 Å². The summed E-state index contributed by atoms with van der Waals surface area (Å²) in [6.07, 6.45) is 3.36. The van der Waals surface area contributed by atoms with Gasteiger partial charge in [-0.2, -0.15) is 0 Å². The summed E-state index contributed by atoms with van der Waals surface area (Å²) in [7, 11) is 0. The van der Waals surface area contributed by atoms with Crippen LogP contribution in [0.25, 0.3) is 0 Å². The Morgan fingerprint density at radius 2 is 1.95 bits per heavy atom. The first kappa shape index (κ1) is 15.7. The SMILES string of the molecule is CCC(=O)CSCC(=O)CCCn1ccccc1=O. The third-order valence-electron chi connectivity index (χ3n) is 2.67. The quantitative estimate of drug-likeness (QED) is 0.694. The van der Waals surface area contributed by atoms with E-state index in [0.29, 0.717) is 37.3 Å². The first-order valence-electron chi connectivity index (χ1n) is 6.40. The van der Waals surface area contributed by atoms with Crippen molar-refractivity contribution in [1.82, 2.24) is 4.57 Å². The molecule has 0 saturated carbocycles. The lowest BCUT2D eigenvalue weighted by Gasteiger charge is -2.04. The molecule has 1 aromatic rings. The standard InChI is InChI=1S/C14H19NO3S/c1-2-12(16)10-19-11-13(17)6-5-9-15-8-4-3-7-14(15)18/h3-4,7-8H,2,5-6,9-11H2,1H3. The predicted octanol–water partition coefficient (Wildman–Crippen LogP) is 1.91. The lowest BCUT2D eigenvalue weighted by molar-refractivity contribution is -0.116. The summed E-state index contributed by atoms with van der Waals surface area (Å²) in [5, 5.41) is 0. The Balaban J connectivity index is 2.19. The number of aromatic nitrogens is 1. The second kappa shape index (κ2) is 8.69. The average Bonchev–Trinajstić information content (AvgIpc) is 2.40. The van der Waals surface area contributed by atoms with Crippen LogP contribution in [0.3, 0.4) is 0 Å². The Morgan fingerprint density at radius 3 is 2.63 bits per heavy atom. The fourth-order valence-corrected chi connectivity index (χ4v) is 2.45. The second-order valence-corrected chi connectivity index (χ2v) is 5.25. The predicted molar refractivity (Wildman–Crippen MR) is 77.6 cm³/mol. The van der Waals surface area contributed by atoms with E-state index in [0.717, 1.165) is 0 Å². The third-order valence-corrected chi connectivity index (χ3v) is 3.73. The third kappa shape index (κ3) is 6.38. The van der Waals surface area contributed by atoms with Crippen LogP contribution in [-0.2, 0) is 16.1 Å². The van der Waals surface area contributed by atoms with Crippen LogP contribution in [-0.4, -0.2) is 27.6 Å². The van der Waals surface area contributed by atoms with Crippen molar-refractivity contribution in [3.8, 4) is 0 Å². The van der Waals surface area contributed by atoms with Gasteiger partial charge in [0.25, 0.3) is 0 Å². The van der Waals surface area contributed by atoms with Gasteiger partial charge in [-0.1, -0.05) is 13.0 Å². The molecule has 0 spiro atoms. The van der Waals surface area contributed by atoms with Crippen LogP contribution >= 0.6 is 11.8 Å². The normalized spacial score (nSPS) is 10.4. The number of carbonyl (C=O) groups is 2. The Bertz CT molecular complexity index is 482. The highest BCUT2D eigenvalue weighted by Crippen LogP contribution is 2.05. The topological polar surface area (TPSA) is 56.1 Å². The zero-order valence-electron chi connectivity index (χ0n) is 11.1. The number of nitrogens with zero attached hydrogens (tertiary/aromatic N) is 1. The maximum atomic E-state index is 11.6. The van der Waals surface area contributed by atoms with Gasteiger partial charge in [0.2, 0.25) is 5.56 Å². The first-order valence-corrected chi connectivity index (χ1v) is 7.55. The van der Waals surface area contributed by atoms with Crippen LogP contribution in [0.2, 0.25) is 0 Å². The number of thioether (sulfide) groups is 1. The number of hydrogen-bond donors (Lipinski definition) is 0. The number of aryl methyl sites for hydroxylation is 1. The van der Waals surface area contributed by atoms with Crippen LogP contribution in [0.5, 0.6) is 0 Å². The second-order valence-electron chi connectivity index (χ2n) is 4.26. The van der Waals surface area contributed by atoms with E-state index in [9.17, 15) is 14.4 Å². The number of Topliss-reactive ketones (excluding diaryl/α,β-unsaturated/α-hetero) is 2. The zero-order chi connectivity index (χ0) is 14.1. The lowest BCUT2D eigenvalue weighted by atomic mass is 10.2. The minimum atomic E-state index is -0.0436. The van der Waals surface area contributed by atoms with E-state index in [1.165, 1.54) is 17.8 Å². The average molecular weight is 281 g/mol. The van der Waals surface area contributed by atoms with Gasteiger partial charge < -0.3 is 4.57 Å². The number of carbonyl (C=O) groups excluding carboxylic acids is 2. The van der Waals surface area contributed by atoms with Crippen LogP contribution in [0.4, 0.5) is 0 Å². The molecule has 1 rings (SSSR count).